The van der Waals surface area contributed by atoms with Gasteiger partial charge in [-0.25, -0.2) is 8.42 Å². The summed E-state index contributed by atoms with van der Waals surface area (Å²) in [5.41, 5.74) is 2.01. The minimum absolute atomic E-state index is 0.0109. The van der Waals surface area contributed by atoms with Crippen LogP contribution in [-0.4, -0.2) is 50.5 Å². The van der Waals surface area contributed by atoms with Crippen LogP contribution in [0.1, 0.15) is 44.7 Å². The monoisotopic (exact) mass is 527 g/mol. The SMILES string of the molecule is CCNC(=O)C(C)N(Cc1ccc(Cl)cc1Cl)C(=O)CN(c1ccc(C(C)C)cc1)S(C)(=O)=O. The van der Waals surface area contributed by atoms with E-state index in [9.17, 15) is 18.0 Å². The molecule has 34 heavy (non-hydrogen) atoms. The summed E-state index contributed by atoms with van der Waals surface area (Å²) in [6.45, 7) is 7.38. The van der Waals surface area contributed by atoms with E-state index in [0.717, 1.165) is 16.1 Å². The first-order valence-electron chi connectivity index (χ1n) is 10.9. The van der Waals surface area contributed by atoms with Gasteiger partial charge in [0.1, 0.15) is 12.6 Å². The number of anilines is 1. The summed E-state index contributed by atoms with van der Waals surface area (Å²) in [4.78, 5) is 27.4. The Kier molecular flexibility index (Phi) is 9.79. The summed E-state index contributed by atoms with van der Waals surface area (Å²) < 4.78 is 26.3. The fourth-order valence-electron chi connectivity index (χ4n) is 3.38. The Bertz CT molecular complexity index is 1120. The lowest BCUT2D eigenvalue weighted by Gasteiger charge is -2.31. The van der Waals surface area contributed by atoms with E-state index in [4.69, 9.17) is 23.2 Å². The third-order valence-electron chi connectivity index (χ3n) is 5.40. The van der Waals surface area contributed by atoms with Crippen molar-refractivity contribution in [2.45, 2.75) is 46.2 Å². The second kappa shape index (κ2) is 11.9. The Morgan fingerprint density at radius 1 is 1.03 bits per heavy atom. The first kappa shape index (κ1) is 28.0. The zero-order valence-electron chi connectivity index (χ0n) is 20.0. The normalized spacial score (nSPS) is 12.4. The molecule has 2 aromatic rings. The molecule has 0 aromatic heterocycles. The molecule has 0 spiro atoms. The van der Waals surface area contributed by atoms with E-state index in [1.165, 1.54) is 4.90 Å². The highest BCUT2D eigenvalue weighted by molar-refractivity contribution is 7.92. The number of nitrogens with zero attached hydrogens (tertiary/aromatic N) is 2. The molecule has 1 unspecified atom stereocenters. The number of benzene rings is 2. The van der Waals surface area contributed by atoms with Gasteiger partial charge in [-0.2, -0.15) is 0 Å². The van der Waals surface area contributed by atoms with Crippen LogP contribution in [0.2, 0.25) is 10.0 Å². The number of amides is 2. The molecule has 1 atom stereocenters. The molecule has 0 aliphatic carbocycles. The Morgan fingerprint density at radius 3 is 2.15 bits per heavy atom. The third-order valence-corrected chi connectivity index (χ3v) is 7.13. The van der Waals surface area contributed by atoms with Crippen LogP contribution in [-0.2, 0) is 26.2 Å². The van der Waals surface area contributed by atoms with Crippen molar-refractivity contribution < 1.29 is 18.0 Å². The number of likely N-dealkylation sites (N-methyl/N-ethyl adjacent to an activating group) is 1. The van der Waals surface area contributed by atoms with Gasteiger partial charge in [-0.05, 0) is 55.2 Å². The van der Waals surface area contributed by atoms with Crippen LogP contribution in [0.5, 0.6) is 0 Å². The Labute approximate surface area is 212 Å². The van der Waals surface area contributed by atoms with Crippen molar-refractivity contribution in [2.24, 2.45) is 0 Å². The molecular weight excluding hydrogens is 497 g/mol. The maximum Gasteiger partial charge on any atom is 0.244 e. The van der Waals surface area contributed by atoms with Gasteiger partial charge in [-0.15, -0.1) is 0 Å². The summed E-state index contributed by atoms with van der Waals surface area (Å²) in [5, 5.41) is 3.49. The van der Waals surface area contributed by atoms with E-state index >= 15 is 0 Å². The number of carbonyl (C=O) groups excluding carboxylic acids is 2. The van der Waals surface area contributed by atoms with E-state index in [0.29, 0.717) is 27.8 Å². The van der Waals surface area contributed by atoms with Gasteiger partial charge in [0.15, 0.2) is 0 Å². The molecule has 0 bridgehead atoms. The van der Waals surface area contributed by atoms with E-state index in [2.05, 4.69) is 5.32 Å². The minimum atomic E-state index is -3.78. The second-order valence-electron chi connectivity index (χ2n) is 8.34. The van der Waals surface area contributed by atoms with E-state index in [1.54, 1.807) is 44.2 Å². The number of hydrogen-bond acceptors (Lipinski definition) is 4. The molecule has 0 heterocycles. The van der Waals surface area contributed by atoms with Crippen LogP contribution in [0.25, 0.3) is 0 Å². The predicted octanol–water partition coefficient (Wildman–Crippen LogP) is 4.44. The molecule has 0 aliphatic rings. The quantitative estimate of drug-likeness (QED) is 0.494. The number of nitrogens with one attached hydrogen (secondary N) is 1. The summed E-state index contributed by atoms with van der Waals surface area (Å²) in [6, 6.07) is 11.0. The third kappa shape index (κ3) is 7.35. The topological polar surface area (TPSA) is 86.8 Å². The molecule has 2 amide bonds. The van der Waals surface area contributed by atoms with Gasteiger partial charge in [0, 0.05) is 23.1 Å². The Morgan fingerprint density at radius 2 is 1.65 bits per heavy atom. The first-order valence-corrected chi connectivity index (χ1v) is 13.5. The van der Waals surface area contributed by atoms with Crippen LogP contribution in [0, 0.1) is 0 Å². The summed E-state index contributed by atoms with van der Waals surface area (Å²) in [7, 11) is -3.78. The molecule has 0 fully saturated rings. The lowest BCUT2D eigenvalue weighted by Crippen LogP contribution is -2.51. The summed E-state index contributed by atoms with van der Waals surface area (Å²) in [6.07, 6.45) is 1.05. The number of hydrogen-bond donors (Lipinski definition) is 1. The van der Waals surface area contributed by atoms with Crippen LogP contribution >= 0.6 is 23.2 Å². The lowest BCUT2D eigenvalue weighted by atomic mass is 10.0. The molecule has 2 aromatic carbocycles. The largest absolute Gasteiger partial charge is 0.355 e. The first-order chi connectivity index (χ1) is 15.8. The van der Waals surface area contributed by atoms with Crippen molar-refractivity contribution in [3.8, 4) is 0 Å². The molecule has 0 saturated heterocycles. The maximum atomic E-state index is 13.5. The van der Waals surface area contributed by atoms with Gasteiger partial charge in [0.05, 0.1) is 11.9 Å². The highest BCUT2D eigenvalue weighted by atomic mass is 35.5. The maximum absolute atomic E-state index is 13.5. The summed E-state index contributed by atoms with van der Waals surface area (Å²) in [5.74, 6) is -0.615. The molecule has 0 aliphatic heterocycles. The van der Waals surface area contributed by atoms with Crippen LogP contribution in [0.15, 0.2) is 42.5 Å². The fraction of sp³-hybridized carbons (Fsp3) is 0.417. The van der Waals surface area contributed by atoms with E-state index in [1.807, 2.05) is 26.0 Å². The van der Waals surface area contributed by atoms with Crippen molar-refractivity contribution in [3.05, 3.63) is 63.6 Å². The minimum Gasteiger partial charge on any atom is -0.355 e. The molecule has 10 heteroatoms. The van der Waals surface area contributed by atoms with Gasteiger partial charge < -0.3 is 10.2 Å². The molecule has 1 N–H and O–H groups in total. The average molecular weight is 529 g/mol. The highest BCUT2D eigenvalue weighted by Crippen LogP contribution is 2.25. The van der Waals surface area contributed by atoms with Crippen molar-refractivity contribution in [1.29, 1.82) is 0 Å². The zero-order valence-corrected chi connectivity index (χ0v) is 22.3. The van der Waals surface area contributed by atoms with E-state index < -0.39 is 28.5 Å². The second-order valence-corrected chi connectivity index (χ2v) is 11.1. The molecule has 7 nitrogen and oxygen atoms in total. The van der Waals surface area contributed by atoms with Crippen LogP contribution in [0.3, 0.4) is 0 Å². The molecule has 186 valence electrons. The van der Waals surface area contributed by atoms with Crippen molar-refractivity contribution in [3.63, 3.8) is 0 Å². The standard InChI is InChI=1S/C24H31Cl2N3O4S/c1-6-27-24(31)17(4)28(14-19-7-10-20(25)13-22(19)26)23(30)15-29(34(5,32)33)21-11-8-18(9-12-21)16(2)3/h7-13,16-17H,6,14-15H2,1-5H3,(H,27,31). The highest BCUT2D eigenvalue weighted by Gasteiger charge is 2.30. The molecule has 0 radical (unpaired) electrons. The summed E-state index contributed by atoms with van der Waals surface area (Å²) >= 11 is 12.3. The lowest BCUT2D eigenvalue weighted by molar-refractivity contribution is -0.139. The van der Waals surface area contributed by atoms with Gasteiger partial charge in [-0.3, -0.25) is 13.9 Å². The Balaban J connectivity index is 2.41. The number of carbonyl (C=O) groups is 2. The smallest absolute Gasteiger partial charge is 0.244 e. The number of rotatable bonds is 10. The van der Waals surface area contributed by atoms with Crippen LogP contribution in [0.4, 0.5) is 5.69 Å². The van der Waals surface area contributed by atoms with Crippen LogP contribution < -0.4 is 9.62 Å². The van der Waals surface area contributed by atoms with Gasteiger partial charge in [0.25, 0.3) is 0 Å². The number of halogens is 2. The fourth-order valence-corrected chi connectivity index (χ4v) is 4.70. The molecule has 2 rings (SSSR count). The van der Waals surface area contributed by atoms with Crippen molar-refractivity contribution in [1.82, 2.24) is 10.2 Å². The van der Waals surface area contributed by atoms with E-state index in [-0.39, 0.29) is 18.4 Å². The Hall–Kier alpha value is -2.29. The average Bonchev–Trinajstić information content (AvgIpc) is 2.75. The van der Waals surface area contributed by atoms with Gasteiger partial charge in [0.2, 0.25) is 21.8 Å². The number of sulfonamides is 1. The van der Waals surface area contributed by atoms with Gasteiger partial charge >= 0.3 is 0 Å². The predicted molar refractivity (Wildman–Crippen MR) is 138 cm³/mol. The molecular formula is C24H31Cl2N3O4S. The van der Waals surface area contributed by atoms with Crippen molar-refractivity contribution >= 4 is 50.7 Å². The van der Waals surface area contributed by atoms with Crippen molar-refractivity contribution in [2.75, 3.05) is 23.7 Å². The molecule has 0 saturated carbocycles. The zero-order chi connectivity index (χ0) is 25.6. The van der Waals surface area contributed by atoms with Gasteiger partial charge in [-0.1, -0.05) is 55.2 Å².